The Kier molecular flexibility index (Phi) is 4.27. The molecule has 1 saturated heterocycles. The van der Waals surface area contributed by atoms with Gasteiger partial charge in [0.1, 0.15) is 5.82 Å². The van der Waals surface area contributed by atoms with E-state index in [0.717, 1.165) is 0 Å². The van der Waals surface area contributed by atoms with Crippen LogP contribution >= 0.6 is 0 Å². The number of nitrogens with zero attached hydrogens (tertiary/aromatic N) is 1. The summed E-state index contributed by atoms with van der Waals surface area (Å²) in [6, 6.07) is 3.06. The summed E-state index contributed by atoms with van der Waals surface area (Å²) in [4.78, 5) is 25.8. The summed E-state index contributed by atoms with van der Waals surface area (Å²) in [6.45, 7) is 7.60. The van der Waals surface area contributed by atoms with E-state index in [1.165, 1.54) is 12.1 Å². The first kappa shape index (κ1) is 16.5. The van der Waals surface area contributed by atoms with Crippen molar-refractivity contribution in [2.45, 2.75) is 34.1 Å². The topological polar surface area (TPSA) is 57.6 Å². The van der Waals surface area contributed by atoms with Gasteiger partial charge in [0, 0.05) is 18.7 Å². The van der Waals surface area contributed by atoms with E-state index in [-0.39, 0.29) is 24.2 Å². The molecule has 0 aliphatic carbocycles. The summed E-state index contributed by atoms with van der Waals surface area (Å²) in [6.07, 6.45) is 0.449. The molecule has 120 valence electrons. The number of aliphatic carboxylic acids is 1. The van der Waals surface area contributed by atoms with E-state index >= 15 is 0 Å². The summed E-state index contributed by atoms with van der Waals surface area (Å²) in [5.74, 6) is -1.45. The van der Waals surface area contributed by atoms with Crippen molar-refractivity contribution in [1.82, 2.24) is 4.90 Å². The van der Waals surface area contributed by atoms with Gasteiger partial charge in [-0.1, -0.05) is 13.8 Å². The highest BCUT2D eigenvalue weighted by Gasteiger charge is 2.48. The summed E-state index contributed by atoms with van der Waals surface area (Å²) in [7, 11) is 0. The highest BCUT2D eigenvalue weighted by atomic mass is 19.1. The van der Waals surface area contributed by atoms with E-state index in [1.54, 1.807) is 18.7 Å². The third-order valence-corrected chi connectivity index (χ3v) is 4.80. The largest absolute Gasteiger partial charge is 0.481 e. The van der Waals surface area contributed by atoms with Crippen LogP contribution in [-0.4, -0.2) is 35.0 Å². The number of hydrogen-bond acceptors (Lipinski definition) is 2. The molecule has 1 aromatic rings. The van der Waals surface area contributed by atoms with Crippen LogP contribution in [0.4, 0.5) is 4.39 Å². The van der Waals surface area contributed by atoms with E-state index in [4.69, 9.17) is 0 Å². The summed E-state index contributed by atoms with van der Waals surface area (Å²) in [5, 5.41) is 9.54. The molecule has 1 aliphatic heterocycles. The number of likely N-dealkylation sites (tertiary alicyclic amines) is 1. The van der Waals surface area contributed by atoms with Crippen LogP contribution in [0, 0.1) is 31.0 Å². The molecule has 1 unspecified atom stereocenters. The van der Waals surface area contributed by atoms with Gasteiger partial charge in [-0.15, -0.1) is 0 Å². The van der Waals surface area contributed by atoms with Gasteiger partial charge in [0.15, 0.2) is 0 Å². The first-order valence-corrected chi connectivity index (χ1v) is 7.48. The van der Waals surface area contributed by atoms with Gasteiger partial charge in [0.2, 0.25) is 0 Å². The average Bonchev–Trinajstić information content (AvgIpc) is 2.90. The maximum atomic E-state index is 13.7. The van der Waals surface area contributed by atoms with E-state index < -0.39 is 11.4 Å². The van der Waals surface area contributed by atoms with E-state index in [2.05, 4.69) is 0 Å². The van der Waals surface area contributed by atoms with E-state index in [0.29, 0.717) is 29.7 Å². The first-order valence-electron chi connectivity index (χ1n) is 7.48. The quantitative estimate of drug-likeness (QED) is 0.934. The van der Waals surface area contributed by atoms with Gasteiger partial charge >= 0.3 is 5.97 Å². The fourth-order valence-corrected chi connectivity index (χ4v) is 3.15. The van der Waals surface area contributed by atoms with Crippen molar-refractivity contribution in [3.05, 3.63) is 34.6 Å². The number of carboxylic acids is 1. The van der Waals surface area contributed by atoms with Crippen LogP contribution in [-0.2, 0) is 4.79 Å². The molecule has 1 heterocycles. The molecule has 0 aromatic heterocycles. The number of halogens is 1. The zero-order valence-corrected chi connectivity index (χ0v) is 13.4. The lowest BCUT2D eigenvalue weighted by molar-refractivity contribution is -0.150. The second kappa shape index (κ2) is 5.71. The third-order valence-electron chi connectivity index (χ3n) is 4.80. The van der Waals surface area contributed by atoms with Crippen LogP contribution in [0.3, 0.4) is 0 Å². The van der Waals surface area contributed by atoms with Crippen molar-refractivity contribution in [3.63, 3.8) is 0 Å². The molecule has 1 aromatic carbocycles. The van der Waals surface area contributed by atoms with Crippen molar-refractivity contribution in [1.29, 1.82) is 0 Å². The smallest absolute Gasteiger partial charge is 0.311 e. The molecule has 4 nitrogen and oxygen atoms in total. The molecular formula is C17H22FNO3. The Morgan fingerprint density at radius 1 is 1.27 bits per heavy atom. The molecule has 5 heteroatoms. The molecule has 0 bridgehead atoms. The van der Waals surface area contributed by atoms with Crippen molar-refractivity contribution in [3.8, 4) is 0 Å². The fourth-order valence-electron chi connectivity index (χ4n) is 3.15. The zero-order valence-electron chi connectivity index (χ0n) is 13.4. The van der Waals surface area contributed by atoms with Crippen LogP contribution in [0.15, 0.2) is 12.1 Å². The standard InChI is InChI=1S/C17H22FNO3/c1-10(2)17(16(21)22)5-6-19(9-17)15(20)13-7-11(3)14(18)12(4)8-13/h7-8,10H,5-6,9H2,1-4H3,(H,21,22). The number of rotatable bonds is 3. The van der Waals surface area contributed by atoms with Crippen LogP contribution in [0.2, 0.25) is 0 Å². The predicted molar refractivity (Wildman–Crippen MR) is 81.3 cm³/mol. The Balaban J connectivity index is 2.27. The highest BCUT2D eigenvalue weighted by Crippen LogP contribution is 2.38. The highest BCUT2D eigenvalue weighted by molar-refractivity contribution is 5.95. The average molecular weight is 307 g/mol. The summed E-state index contributed by atoms with van der Waals surface area (Å²) < 4.78 is 13.7. The lowest BCUT2D eigenvalue weighted by Gasteiger charge is -2.28. The first-order chi connectivity index (χ1) is 10.2. The van der Waals surface area contributed by atoms with Crippen molar-refractivity contribution in [2.75, 3.05) is 13.1 Å². The zero-order chi connectivity index (χ0) is 16.7. The van der Waals surface area contributed by atoms with Crippen LogP contribution < -0.4 is 0 Å². The molecule has 1 N–H and O–H groups in total. The molecule has 2 rings (SSSR count). The molecule has 0 spiro atoms. The predicted octanol–water partition coefficient (Wildman–Crippen LogP) is 3.02. The van der Waals surface area contributed by atoms with Crippen molar-refractivity contribution < 1.29 is 19.1 Å². The Labute approximate surface area is 129 Å². The Bertz CT molecular complexity index is 603. The molecule has 0 radical (unpaired) electrons. The minimum absolute atomic E-state index is 0.0560. The van der Waals surface area contributed by atoms with Crippen LogP contribution in [0.25, 0.3) is 0 Å². The molecule has 0 saturated carbocycles. The maximum absolute atomic E-state index is 13.7. The molecule has 1 atom stereocenters. The minimum Gasteiger partial charge on any atom is -0.481 e. The van der Waals surface area contributed by atoms with Crippen LogP contribution in [0.1, 0.15) is 41.8 Å². The van der Waals surface area contributed by atoms with Gasteiger partial charge in [-0.25, -0.2) is 4.39 Å². The van der Waals surface area contributed by atoms with Gasteiger partial charge in [-0.05, 0) is 49.4 Å². The van der Waals surface area contributed by atoms with Gasteiger partial charge in [-0.2, -0.15) is 0 Å². The van der Waals surface area contributed by atoms with Crippen molar-refractivity contribution in [2.24, 2.45) is 11.3 Å². The minimum atomic E-state index is -0.889. The van der Waals surface area contributed by atoms with E-state index in [9.17, 15) is 19.1 Å². The summed E-state index contributed by atoms with van der Waals surface area (Å²) in [5.41, 5.74) is 0.382. The van der Waals surface area contributed by atoms with Gasteiger partial charge in [0.05, 0.1) is 5.41 Å². The number of benzene rings is 1. The normalized spacial score (nSPS) is 21.5. The monoisotopic (exact) mass is 307 g/mol. The van der Waals surface area contributed by atoms with Gasteiger partial charge in [-0.3, -0.25) is 9.59 Å². The Hall–Kier alpha value is -1.91. The number of aryl methyl sites for hydroxylation is 2. The number of carbonyl (C=O) groups excluding carboxylic acids is 1. The molecular weight excluding hydrogens is 285 g/mol. The lowest BCUT2D eigenvalue weighted by atomic mass is 9.76. The van der Waals surface area contributed by atoms with Crippen LogP contribution in [0.5, 0.6) is 0 Å². The second-order valence-electron chi connectivity index (χ2n) is 6.52. The molecule has 1 amide bonds. The summed E-state index contributed by atoms with van der Waals surface area (Å²) >= 11 is 0. The van der Waals surface area contributed by atoms with Crippen molar-refractivity contribution >= 4 is 11.9 Å². The SMILES string of the molecule is Cc1cc(C(=O)N2CCC(C(=O)O)(C(C)C)C2)cc(C)c1F. The Morgan fingerprint density at radius 2 is 1.82 bits per heavy atom. The molecule has 22 heavy (non-hydrogen) atoms. The number of carboxylic acid groups (broad SMARTS) is 1. The van der Waals surface area contributed by atoms with Gasteiger partial charge < -0.3 is 10.0 Å². The second-order valence-corrected chi connectivity index (χ2v) is 6.52. The lowest BCUT2D eigenvalue weighted by Crippen LogP contribution is -2.40. The molecule has 1 fully saturated rings. The number of hydrogen-bond donors (Lipinski definition) is 1. The third kappa shape index (κ3) is 2.60. The van der Waals surface area contributed by atoms with Gasteiger partial charge in [0.25, 0.3) is 5.91 Å². The number of amides is 1. The molecule has 1 aliphatic rings. The maximum Gasteiger partial charge on any atom is 0.311 e. The number of carbonyl (C=O) groups is 2. The Morgan fingerprint density at radius 3 is 2.23 bits per heavy atom. The van der Waals surface area contributed by atoms with E-state index in [1.807, 2.05) is 13.8 Å². The fraction of sp³-hybridized carbons (Fsp3) is 0.529.